The van der Waals surface area contributed by atoms with Gasteiger partial charge >= 0.3 is 22.8 Å². The lowest BCUT2D eigenvalue weighted by atomic mass is 11.5. The Balaban J connectivity index is 5.60. The molecule has 9 heteroatoms. The minimum absolute atomic E-state index is 2.35. The van der Waals surface area contributed by atoms with Crippen LogP contribution < -0.4 is 0 Å². The molecule has 0 aliphatic heterocycles. The minimum atomic E-state index is -5.12. The van der Waals surface area contributed by atoms with Crippen molar-refractivity contribution in [2.24, 2.45) is 0 Å². The molecular weight excluding hydrogens is 207 g/mol. The molecule has 4 N–H and O–H groups in total. The molecule has 0 atom stereocenters. The molecule has 0 saturated heterocycles. The average Bonchev–Trinajstić information content (AvgIpc) is 1.82. The summed E-state index contributed by atoms with van der Waals surface area (Å²) in [6.07, 6.45) is 0. The number of carbonyl (C=O) groups is 4. The van der Waals surface area contributed by atoms with Gasteiger partial charge in [-0.25, -0.2) is 19.2 Å². The Morgan fingerprint density at radius 2 is 0.769 bits per heavy atom. The van der Waals surface area contributed by atoms with Crippen LogP contribution in [0.2, 0.25) is 0 Å². The molecule has 0 unspecified atom stereocenters. The number of hydrogen-bond donors (Lipinski definition) is 4. The highest BCUT2D eigenvalue weighted by atomic mass is 31.2. The second-order valence-electron chi connectivity index (χ2n) is 1.80. The van der Waals surface area contributed by atoms with Crippen molar-refractivity contribution in [1.82, 2.24) is 0 Å². The lowest BCUT2D eigenvalue weighted by molar-refractivity contribution is 0.202. The monoisotopic (exact) mass is 211 g/mol. The van der Waals surface area contributed by atoms with Crippen LogP contribution in [0.15, 0.2) is 0 Å². The van der Waals surface area contributed by atoms with E-state index in [-0.39, 0.29) is 0 Å². The van der Waals surface area contributed by atoms with Crippen molar-refractivity contribution in [3.05, 3.63) is 0 Å². The Morgan fingerprint density at radius 3 is 0.769 bits per heavy atom. The van der Waals surface area contributed by atoms with Crippen molar-refractivity contribution in [3.8, 4) is 0 Å². The van der Waals surface area contributed by atoms with Crippen LogP contribution in [0.5, 0.6) is 0 Å². The zero-order valence-electron chi connectivity index (χ0n) is 5.87. The molecule has 8 nitrogen and oxygen atoms in total. The van der Waals surface area contributed by atoms with Crippen molar-refractivity contribution < 1.29 is 39.6 Å². The van der Waals surface area contributed by atoms with Gasteiger partial charge in [-0.1, -0.05) is 0 Å². The second-order valence-corrected chi connectivity index (χ2v) is 4.67. The Hall–Kier alpha value is -1.69. The molecule has 0 fully saturated rings. The van der Waals surface area contributed by atoms with Crippen molar-refractivity contribution in [2.45, 2.75) is 0 Å². The van der Waals surface area contributed by atoms with Crippen LogP contribution in [0.25, 0.3) is 0 Å². The number of carboxylic acid groups (broad SMARTS) is 4. The summed E-state index contributed by atoms with van der Waals surface area (Å²) in [5.41, 5.74) is -9.39. The third kappa shape index (κ3) is 1.43. The van der Waals surface area contributed by atoms with Gasteiger partial charge in [0.25, 0.3) is 7.26 Å². The zero-order chi connectivity index (χ0) is 10.8. The first-order valence-electron chi connectivity index (χ1n) is 2.61. The van der Waals surface area contributed by atoms with E-state index in [4.69, 9.17) is 20.4 Å². The van der Waals surface area contributed by atoms with E-state index in [1.807, 2.05) is 0 Å². The van der Waals surface area contributed by atoms with E-state index in [9.17, 15) is 19.2 Å². The Labute approximate surface area is 70.7 Å². The number of hydrogen-bond acceptors (Lipinski definition) is 4. The first kappa shape index (κ1) is 11.3. The first-order valence-corrected chi connectivity index (χ1v) is 4.39. The summed E-state index contributed by atoms with van der Waals surface area (Å²) in [5, 5.41) is 33.0. The van der Waals surface area contributed by atoms with Gasteiger partial charge in [0.2, 0.25) is 0 Å². The highest BCUT2D eigenvalue weighted by Crippen LogP contribution is 2.61. The van der Waals surface area contributed by atoms with Gasteiger partial charge in [0.05, 0.1) is 0 Å². The van der Waals surface area contributed by atoms with E-state index in [0.717, 1.165) is 0 Å². The fourth-order valence-corrected chi connectivity index (χ4v) is 1.47. The predicted molar refractivity (Wildman–Crippen MR) is 39.0 cm³/mol. The molecule has 0 aromatic rings. The Bertz CT molecular complexity index is 231. The summed E-state index contributed by atoms with van der Waals surface area (Å²) in [5.74, 6) is 0. The minimum Gasteiger partial charge on any atom is -0.477 e. The molecule has 13 heavy (non-hydrogen) atoms. The van der Waals surface area contributed by atoms with Crippen LogP contribution >= 0.6 is 7.26 Å². The van der Waals surface area contributed by atoms with Gasteiger partial charge in [-0.05, 0) is 0 Å². The summed E-state index contributed by atoms with van der Waals surface area (Å²) in [7, 11) is -5.12. The van der Waals surface area contributed by atoms with Crippen molar-refractivity contribution in [2.75, 3.05) is 0 Å². The van der Waals surface area contributed by atoms with E-state index in [2.05, 4.69) is 0 Å². The summed E-state index contributed by atoms with van der Waals surface area (Å²) in [6, 6.07) is 0. The van der Waals surface area contributed by atoms with Crippen LogP contribution in [0.3, 0.4) is 0 Å². The second kappa shape index (κ2) is 3.36. The number of rotatable bonds is 4. The fourth-order valence-electron chi connectivity index (χ4n) is 0.491. The molecule has 1 radical (unpaired) electrons. The molecule has 0 heterocycles. The lowest BCUT2D eigenvalue weighted by Crippen LogP contribution is -2.25. The Morgan fingerprint density at radius 1 is 0.615 bits per heavy atom. The fraction of sp³-hybridized carbons (Fsp3) is 0. The van der Waals surface area contributed by atoms with E-state index < -0.39 is 30.1 Å². The van der Waals surface area contributed by atoms with Gasteiger partial charge < -0.3 is 20.4 Å². The summed E-state index contributed by atoms with van der Waals surface area (Å²) >= 11 is 0. The van der Waals surface area contributed by atoms with Crippen LogP contribution in [0.4, 0.5) is 19.2 Å². The maximum Gasteiger partial charge on any atom is 0.352 e. The molecule has 0 spiro atoms. The van der Waals surface area contributed by atoms with Gasteiger partial charge in [-0.3, -0.25) is 0 Å². The molecule has 0 aliphatic carbocycles. The molecule has 0 bridgehead atoms. The Kier molecular flexibility index (Phi) is 2.92. The normalized spacial score (nSPS) is 10.5. The van der Waals surface area contributed by atoms with E-state index >= 15 is 0 Å². The zero-order valence-corrected chi connectivity index (χ0v) is 6.76. The largest absolute Gasteiger partial charge is 0.477 e. The van der Waals surface area contributed by atoms with Crippen molar-refractivity contribution in [3.63, 3.8) is 0 Å². The lowest BCUT2D eigenvalue weighted by Gasteiger charge is -2.15. The molecule has 0 aliphatic rings. The smallest absolute Gasteiger partial charge is 0.352 e. The highest BCUT2D eigenvalue weighted by Gasteiger charge is 2.60. The van der Waals surface area contributed by atoms with Gasteiger partial charge in [-0.15, -0.1) is 0 Å². The van der Waals surface area contributed by atoms with Gasteiger partial charge in [0, 0.05) is 0 Å². The summed E-state index contributed by atoms with van der Waals surface area (Å²) in [4.78, 5) is 41.0. The van der Waals surface area contributed by atoms with E-state index in [1.165, 1.54) is 0 Å². The van der Waals surface area contributed by atoms with Gasteiger partial charge in [-0.2, -0.15) is 0 Å². The summed E-state index contributed by atoms with van der Waals surface area (Å²) in [6.45, 7) is 0. The van der Waals surface area contributed by atoms with E-state index in [0.29, 0.717) is 0 Å². The van der Waals surface area contributed by atoms with Crippen molar-refractivity contribution >= 4 is 30.1 Å². The molecule has 0 aromatic heterocycles. The summed E-state index contributed by atoms with van der Waals surface area (Å²) < 4.78 is 0. The molecule has 0 rings (SSSR count). The maximum atomic E-state index is 10.3. The van der Waals surface area contributed by atoms with Crippen LogP contribution in [0.1, 0.15) is 0 Å². The van der Waals surface area contributed by atoms with Crippen LogP contribution in [-0.4, -0.2) is 43.3 Å². The third-order valence-corrected chi connectivity index (χ3v) is 3.44. The molecule has 0 saturated carbocycles. The highest BCUT2D eigenvalue weighted by molar-refractivity contribution is 8.24. The first-order chi connectivity index (χ1) is 5.77. The van der Waals surface area contributed by atoms with Gasteiger partial charge in [0.15, 0.2) is 0 Å². The van der Waals surface area contributed by atoms with Crippen LogP contribution in [-0.2, 0) is 0 Å². The predicted octanol–water partition coefficient (Wildman–Crippen LogP) is 1.72. The molecule has 0 amide bonds. The van der Waals surface area contributed by atoms with Crippen LogP contribution in [0, 0.1) is 0 Å². The average molecular weight is 211 g/mol. The van der Waals surface area contributed by atoms with E-state index in [1.54, 1.807) is 0 Å². The topological polar surface area (TPSA) is 149 Å². The van der Waals surface area contributed by atoms with Gasteiger partial charge in [0.1, 0.15) is 0 Å². The van der Waals surface area contributed by atoms with Crippen molar-refractivity contribution in [1.29, 1.82) is 0 Å². The molecule has 73 valence electrons. The SMILES string of the molecule is O=C(O)[P](C(=O)O)(C(=O)O)C(=O)O. The standard InChI is InChI=1S/C4H4O8P/c5-1(6)13(2(7)8,3(9)10)4(11)12/h(H,5,6)(H,7,8)(H,9,10)(H,11,12). The molecule has 0 aromatic carbocycles. The maximum absolute atomic E-state index is 10.3. The third-order valence-electron chi connectivity index (χ3n) is 1.15. The molecular formula is C4H4O8P. The quantitative estimate of drug-likeness (QED) is 0.513.